The van der Waals surface area contributed by atoms with Crippen LogP contribution in [0.1, 0.15) is 34.2 Å². The third-order valence-corrected chi connectivity index (χ3v) is 5.58. The van der Waals surface area contributed by atoms with Crippen LogP contribution in [-0.2, 0) is 12.2 Å². The van der Waals surface area contributed by atoms with Crippen molar-refractivity contribution in [1.82, 2.24) is 15.2 Å². The van der Waals surface area contributed by atoms with E-state index in [1.54, 1.807) is 11.8 Å². The van der Waals surface area contributed by atoms with Crippen LogP contribution in [0, 0.1) is 13.8 Å². The number of hydrogen-bond acceptors (Lipinski definition) is 5. The summed E-state index contributed by atoms with van der Waals surface area (Å²) in [6.07, 6.45) is 2.64. The Labute approximate surface area is 174 Å². The fraction of sp³-hybridized carbons (Fsp3) is 0.238. The molecule has 0 aliphatic rings. The van der Waals surface area contributed by atoms with Gasteiger partial charge in [0.2, 0.25) is 5.89 Å². The molecule has 0 aliphatic carbocycles. The summed E-state index contributed by atoms with van der Waals surface area (Å²) in [5.41, 5.74) is 12.4. The number of thioether (sulfide) groups is 1. The Kier molecular flexibility index (Phi) is 6.44. The number of H-pyrrole nitrogens is 1. The van der Waals surface area contributed by atoms with Crippen LogP contribution < -0.4 is 5.73 Å². The molecule has 7 heteroatoms. The van der Waals surface area contributed by atoms with Crippen LogP contribution in [0.25, 0.3) is 10.9 Å². The average molecular weight is 415 g/mol. The van der Waals surface area contributed by atoms with Crippen molar-refractivity contribution < 1.29 is 4.42 Å². The van der Waals surface area contributed by atoms with Crippen molar-refractivity contribution in [3.8, 4) is 0 Å². The normalized spacial score (nSPS) is 12.1. The zero-order chi connectivity index (χ0) is 18.8. The van der Waals surface area contributed by atoms with Crippen LogP contribution in [-0.4, -0.2) is 15.2 Å². The van der Waals surface area contributed by atoms with E-state index in [1.807, 2.05) is 18.3 Å². The van der Waals surface area contributed by atoms with E-state index in [1.165, 1.54) is 22.1 Å². The lowest BCUT2D eigenvalue weighted by molar-refractivity contribution is 0.385. The number of aryl methyl sites for hydroxylation is 2. The van der Waals surface area contributed by atoms with Gasteiger partial charge in [-0.1, -0.05) is 53.7 Å². The predicted octanol–water partition coefficient (Wildman–Crippen LogP) is 5.12. The molecule has 1 atom stereocenters. The number of nitrogens with two attached hydrogens (primary N) is 1. The number of para-hydroxylation sites is 1. The molecule has 0 saturated heterocycles. The molecule has 4 rings (SSSR count). The lowest BCUT2D eigenvalue weighted by Crippen LogP contribution is -2.13. The van der Waals surface area contributed by atoms with Gasteiger partial charge in [0.05, 0.1) is 6.04 Å². The quantitative estimate of drug-likeness (QED) is 0.428. The lowest BCUT2D eigenvalue weighted by atomic mass is 10.1. The Morgan fingerprint density at radius 3 is 2.79 bits per heavy atom. The molecule has 0 saturated carbocycles. The number of benzene rings is 2. The number of rotatable bonds is 6. The molecule has 0 radical (unpaired) electrons. The number of nitrogens with zero attached hydrogens (tertiary/aromatic N) is 2. The van der Waals surface area contributed by atoms with Gasteiger partial charge in [0.15, 0.2) is 0 Å². The standard InChI is InChI=1S/C21H22N4OS.ClH/c1-13-7-8-14(2)16(9-13)12-27-21-25-24-20(26-21)18(22)10-15-11-23-19-6-4-3-5-17(15)19;/h3-9,11,18,23H,10,12,22H2,1-2H3;1H/t18-;/m0./s1. The van der Waals surface area contributed by atoms with Gasteiger partial charge in [-0.3, -0.25) is 0 Å². The van der Waals surface area contributed by atoms with E-state index in [9.17, 15) is 0 Å². The molecule has 4 aromatic rings. The number of nitrogens with one attached hydrogen (secondary N) is 1. The van der Waals surface area contributed by atoms with Crippen molar-refractivity contribution in [2.45, 2.75) is 37.3 Å². The Hall–Kier alpha value is -2.28. The van der Waals surface area contributed by atoms with E-state index >= 15 is 0 Å². The SMILES string of the molecule is Cc1ccc(C)c(CSc2nnc([C@@H](N)Cc3c[nH]c4ccccc34)o2)c1.Cl. The molecule has 0 spiro atoms. The highest BCUT2D eigenvalue weighted by atomic mass is 35.5. The molecule has 28 heavy (non-hydrogen) atoms. The van der Waals surface area contributed by atoms with E-state index in [0.717, 1.165) is 16.8 Å². The molecule has 2 heterocycles. The number of aromatic amines is 1. The summed E-state index contributed by atoms with van der Waals surface area (Å²) in [7, 11) is 0. The Morgan fingerprint density at radius 1 is 1.11 bits per heavy atom. The van der Waals surface area contributed by atoms with Gasteiger partial charge < -0.3 is 15.1 Å². The van der Waals surface area contributed by atoms with E-state index in [2.05, 4.69) is 59.4 Å². The lowest BCUT2D eigenvalue weighted by Gasteiger charge is -2.06. The highest BCUT2D eigenvalue weighted by Gasteiger charge is 2.17. The maximum Gasteiger partial charge on any atom is 0.276 e. The molecule has 2 aromatic heterocycles. The molecule has 5 nitrogen and oxygen atoms in total. The van der Waals surface area contributed by atoms with Gasteiger partial charge in [-0.25, -0.2) is 0 Å². The van der Waals surface area contributed by atoms with Crippen molar-refractivity contribution in [1.29, 1.82) is 0 Å². The minimum atomic E-state index is -0.327. The fourth-order valence-electron chi connectivity index (χ4n) is 3.15. The van der Waals surface area contributed by atoms with Gasteiger partial charge in [-0.2, -0.15) is 0 Å². The summed E-state index contributed by atoms with van der Waals surface area (Å²) in [6, 6.07) is 14.3. The zero-order valence-electron chi connectivity index (χ0n) is 15.8. The van der Waals surface area contributed by atoms with Gasteiger partial charge in [0, 0.05) is 22.9 Å². The first-order valence-electron chi connectivity index (χ1n) is 8.93. The first-order valence-corrected chi connectivity index (χ1v) is 9.91. The number of hydrogen-bond donors (Lipinski definition) is 2. The Morgan fingerprint density at radius 2 is 1.93 bits per heavy atom. The molecular formula is C21H23ClN4OS. The number of aromatic nitrogens is 3. The van der Waals surface area contributed by atoms with Crippen molar-refractivity contribution in [3.63, 3.8) is 0 Å². The van der Waals surface area contributed by atoms with Gasteiger partial charge in [0.1, 0.15) is 0 Å². The smallest absolute Gasteiger partial charge is 0.276 e. The van der Waals surface area contributed by atoms with Crippen molar-refractivity contribution in [2.24, 2.45) is 5.73 Å². The van der Waals surface area contributed by atoms with Crippen molar-refractivity contribution in [2.75, 3.05) is 0 Å². The van der Waals surface area contributed by atoms with Crippen LogP contribution in [0.4, 0.5) is 0 Å². The van der Waals surface area contributed by atoms with Gasteiger partial charge in [-0.05, 0) is 43.0 Å². The highest BCUT2D eigenvalue weighted by Crippen LogP contribution is 2.27. The molecule has 0 amide bonds. The number of fused-ring (bicyclic) bond motifs is 1. The minimum Gasteiger partial charge on any atom is -0.414 e. The van der Waals surface area contributed by atoms with Crippen LogP contribution in [0.2, 0.25) is 0 Å². The Balaban J connectivity index is 0.00000225. The van der Waals surface area contributed by atoms with Crippen molar-refractivity contribution >= 4 is 35.1 Å². The Bertz CT molecular complexity index is 1080. The van der Waals surface area contributed by atoms with Crippen LogP contribution in [0.5, 0.6) is 0 Å². The third-order valence-electron chi connectivity index (χ3n) is 4.71. The molecule has 0 bridgehead atoms. The summed E-state index contributed by atoms with van der Waals surface area (Å²) >= 11 is 1.54. The topological polar surface area (TPSA) is 80.7 Å². The first-order chi connectivity index (χ1) is 13.1. The van der Waals surface area contributed by atoms with Crippen molar-refractivity contribution in [3.05, 3.63) is 76.8 Å². The third kappa shape index (κ3) is 4.41. The van der Waals surface area contributed by atoms with E-state index in [4.69, 9.17) is 10.2 Å². The maximum absolute atomic E-state index is 6.32. The maximum atomic E-state index is 6.32. The monoisotopic (exact) mass is 414 g/mol. The molecule has 0 unspecified atom stereocenters. The minimum absolute atomic E-state index is 0. The summed E-state index contributed by atoms with van der Waals surface area (Å²) in [4.78, 5) is 3.27. The van der Waals surface area contributed by atoms with Gasteiger partial charge in [-0.15, -0.1) is 22.6 Å². The molecule has 2 aromatic carbocycles. The highest BCUT2D eigenvalue weighted by molar-refractivity contribution is 7.98. The summed E-state index contributed by atoms with van der Waals surface area (Å²) in [5.74, 6) is 1.27. The average Bonchev–Trinajstić information content (AvgIpc) is 3.30. The van der Waals surface area contributed by atoms with Gasteiger partial charge >= 0.3 is 0 Å². The second-order valence-electron chi connectivity index (χ2n) is 6.79. The predicted molar refractivity (Wildman–Crippen MR) is 116 cm³/mol. The summed E-state index contributed by atoms with van der Waals surface area (Å²) < 4.78 is 5.80. The van der Waals surface area contributed by atoms with E-state index in [0.29, 0.717) is 17.5 Å². The summed E-state index contributed by atoms with van der Waals surface area (Å²) in [5, 5.41) is 10.0. The molecular weight excluding hydrogens is 392 g/mol. The summed E-state index contributed by atoms with van der Waals surface area (Å²) in [6.45, 7) is 4.22. The molecule has 3 N–H and O–H groups in total. The van der Waals surface area contributed by atoms with Crippen LogP contribution in [0.3, 0.4) is 0 Å². The van der Waals surface area contributed by atoms with Crippen LogP contribution in [0.15, 0.2) is 58.3 Å². The van der Waals surface area contributed by atoms with Gasteiger partial charge in [0.25, 0.3) is 5.22 Å². The molecule has 146 valence electrons. The second-order valence-corrected chi connectivity index (χ2v) is 7.72. The zero-order valence-corrected chi connectivity index (χ0v) is 17.4. The number of halogens is 1. The largest absolute Gasteiger partial charge is 0.414 e. The van der Waals surface area contributed by atoms with E-state index < -0.39 is 0 Å². The van der Waals surface area contributed by atoms with E-state index in [-0.39, 0.29) is 18.4 Å². The molecule has 0 aliphatic heterocycles. The molecule has 0 fully saturated rings. The first kappa shape index (κ1) is 20.5. The van der Waals surface area contributed by atoms with Crippen LogP contribution >= 0.6 is 24.2 Å². The fourth-order valence-corrected chi connectivity index (χ4v) is 3.98. The second kappa shape index (κ2) is 8.82.